The molecule has 0 aliphatic rings. The van der Waals surface area contributed by atoms with Gasteiger partial charge in [-0.25, -0.2) is 10.2 Å². The van der Waals surface area contributed by atoms with Gasteiger partial charge < -0.3 is 10.5 Å². The quantitative estimate of drug-likeness (QED) is 0.154. The van der Waals surface area contributed by atoms with Gasteiger partial charge in [0.15, 0.2) is 0 Å². The van der Waals surface area contributed by atoms with Crippen LogP contribution in [0.4, 0.5) is 0 Å². The van der Waals surface area contributed by atoms with Crippen molar-refractivity contribution in [3.8, 4) is 56.5 Å². The summed E-state index contributed by atoms with van der Waals surface area (Å²) in [7, 11) is 3.53. The van der Waals surface area contributed by atoms with Gasteiger partial charge in [0.05, 0.1) is 52.8 Å². The summed E-state index contributed by atoms with van der Waals surface area (Å²) >= 11 is 0. The van der Waals surface area contributed by atoms with Gasteiger partial charge in [-0.05, 0) is 65.6 Å². The number of hydrogen-bond acceptors (Lipinski definition) is 9. The molecule has 4 N–H and O–H groups in total. The zero-order valence-corrected chi connectivity index (χ0v) is 30.7. The number of benzene rings is 4. The van der Waals surface area contributed by atoms with Gasteiger partial charge in [-0.2, -0.15) is 20.6 Å². The number of rotatable bonds is 7. The number of nitrogens with one attached hydrogen (secondary N) is 2. The number of nitriles is 1. The Balaban J connectivity index is 0.000000170. The maximum absolute atomic E-state index is 12.2. The fraction of sp³-hybridized carbons (Fsp3) is 0.140. The van der Waals surface area contributed by atoms with Crippen molar-refractivity contribution in [1.82, 2.24) is 35.2 Å². The zero-order valence-electron chi connectivity index (χ0n) is 30.7. The molecule has 0 unspecified atom stereocenters. The van der Waals surface area contributed by atoms with E-state index >= 15 is 0 Å². The number of hydrogen-bond donors (Lipinski definition) is 3. The molecular weight excluding hydrogens is 691 g/mol. The Bertz CT molecular complexity index is 2850. The van der Waals surface area contributed by atoms with Crippen LogP contribution in [0.25, 0.3) is 66.2 Å². The molecule has 4 aromatic carbocycles. The van der Waals surface area contributed by atoms with Crippen molar-refractivity contribution >= 4 is 21.5 Å². The Labute approximate surface area is 315 Å². The fourth-order valence-electron chi connectivity index (χ4n) is 6.67. The number of aromatic amines is 2. The third-order valence-corrected chi connectivity index (χ3v) is 9.45. The van der Waals surface area contributed by atoms with Crippen LogP contribution in [0, 0.1) is 11.3 Å². The summed E-state index contributed by atoms with van der Waals surface area (Å²) < 4.78 is 7.18. The number of pyridine rings is 1. The highest BCUT2D eigenvalue weighted by atomic mass is 16.5. The molecule has 0 atom stereocenters. The molecule has 0 aliphatic carbocycles. The third kappa shape index (κ3) is 7.12. The van der Waals surface area contributed by atoms with Gasteiger partial charge in [-0.1, -0.05) is 56.3 Å². The van der Waals surface area contributed by atoms with Crippen LogP contribution in [0.2, 0.25) is 0 Å². The Hall–Kier alpha value is -7.23. The van der Waals surface area contributed by atoms with Gasteiger partial charge in [0.1, 0.15) is 5.75 Å². The van der Waals surface area contributed by atoms with Crippen molar-refractivity contribution in [3.05, 3.63) is 147 Å². The lowest BCUT2D eigenvalue weighted by Gasteiger charge is -2.11. The van der Waals surface area contributed by atoms with E-state index in [9.17, 15) is 14.9 Å². The molecule has 0 amide bonds. The van der Waals surface area contributed by atoms with Crippen LogP contribution >= 0.6 is 0 Å². The number of aryl methyl sites for hydroxylation is 1. The first-order chi connectivity index (χ1) is 26.7. The van der Waals surface area contributed by atoms with Crippen LogP contribution < -0.4 is 21.6 Å². The highest BCUT2D eigenvalue weighted by molar-refractivity contribution is 5.92. The molecule has 4 aromatic heterocycles. The van der Waals surface area contributed by atoms with Crippen LogP contribution in [-0.2, 0) is 13.6 Å². The van der Waals surface area contributed by atoms with E-state index in [0.29, 0.717) is 33.2 Å². The van der Waals surface area contributed by atoms with Gasteiger partial charge in [0.2, 0.25) is 0 Å². The summed E-state index contributed by atoms with van der Waals surface area (Å²) in [6.07, 6.45) is 5.32. The lowest BCUT2D eigenvalue weighted by Crippen LogP contribution is -2.13. The van der Waals surface area contributed by atoms with E-state index in [1.807, 2.05) is 72.5 Å². The summed E-state index contributed by atoms with van der Waals surface area (Å²) in [4.78, 5) is 28.6. The van der Waals surface area contributed by atoms with E-state index in [2.05, 4.69) is 68.6 Å². The number of fused-ring (bicyclic) bond motifs is 2. The van der Waals surface area contributed by atoms with Crippen LogP contribution in [0.5, 0.6) is 5.75 Å². The first kappa shape index (κ1) is 36.1. The summed E-state index contributed by atoms with van der Waals surface area (Å²) in [5.41, 5.74) is 14.9. The maximum atomic E-state index is 12.2. The predicted octanol–water partition coefficient (Wildman–Crippen LogP) is 7.11. The topological polar surface area (TPSA) is 181 Å². The second-order valence-corrected chi connectivity index (χ2v) is 13.2. The molecule has 0 radical (unpaired) electrons. The first-order valence-electron chi connectivity index (χ1n) is 17.6. The summed E-state index contributed by atoms with van der Waals surface area (Å²) in [5, 5.41) is 30.1. The van der Waals surface area contributed by atoms with Crippen molar-refractivity contribution in [1.29, 1.82) is 5.26 Å². The molecule has 0 bridgehead atoms. The molecule has 0 fully saturated rings. The normalized spacial score (nSPS) is 11.0. The Morgan fingerprint density at radius 2 is 1.44 bits per heavy atom. The number of ether oxygens (including phenoxy) is 1. The zero-order chi connectivity index (χ0) is 38.6. The molecule has 0 spiro atoms. The number of H-pyrrole nitrogens is 2. The lowest BCUT2D eigenvalue weighted by atomic mass is 9.96. The third-order valence-electron chi connectivity index (χ3n) is 9.45. The van der Waals surface area contributed by atoms with Crippen LogP contribution in [-0.4, -0.2) is 42.3 Å². The molecule has 0 aliphatic heterocycles. The SMILES string of the molecule is CC(C)c1n[nH]c(=O)c2ccc(-c3cnn(C)c3-c3ccccc3)cc12.COc1ccc(C#N)c(-c2cncc(-c3ccc4c(=O)[nH]nc(CN)c4c3)c2)c1. The van der Waals surface area contributed by atoms with E-state index < -0.39 is 0 Å². The maximum Gasteiger partial charge on any atom is 0.272 e. The first-order valence-corrected chi connectivity index (χ1v) is 17.6. The van der Waals surface area contributed by atoms with Crippen molar-refractivity contribution < 1.29 is 4.74 Å². The van der Waals surface area contributed by atoms with Crippen LogP contribution in [0.3, 0.4) is 0 Å². The Morgan fingerprint density at radius 1 is 0.745 bits per heavy atom. The molecule has 12 nitrogen and oxygen atoms in total. The molecule has 55 heavy (non-hydrogen) atoms. The van der Waals surface area contributed by atoms with Gasteiger partial charge in [0.25, 0.3) is 11.1 Å². The van der Waals surface area contributed by atoms with Gasteiger partial charge in [-0.15, -0.1) is 0 Å². The molecule has 0 saturated heterocycles. The van der Waals surface area contributed by atoms with Gasteiger partial charge in [-0.3, -0.25) is 19.3 Å². The number of nitrogens with two attached hydrogens (primary N) is 1. The van der Waals surface area contributed by atoms with E-state index in [0.717, 1.165) is 55.7 Å². The number of nitrogens with zero attached hydrogens (tertiary/aromatic N) is 6. The minimum Gasteiger partial charge on any atom is -0.497 e. The monoisotopic (exact) mass is 727 g/mol. The average Bonchev–Trinajstić information content (AvgIpc) is 3.62. The Kier molecular flexibility index (Phi) is 10.1. The van der Waals surface area contributed by atoms with Crippen molar-refractivity contribution in [3.63, 3.8) is 0 Å². The second-order valence-electron chi connectivity index (χ2n) is 13.2. The molecule has 272 valence electrons. The smallest absolute Gasteiger partial charge is 0.272 e. The van der Waals surface area contributed by atoms with E-state index in [1.165, 1.54) is 0 Å². The second kappa shape index (κ2) is 15.4. The summed E-state index contributed by atoms with van der Waals surface area (Å²) in [5.74, 6) is 0.875. The minimum absolute atomic E-state index is 0.162. The molecular formula is C43H37N9O3. The highest BCUT2D eigenvalue weighted by Crippen LogP contribution is 2.34. The summed E-state index contributed by atoms with van der Waals surface area (Å²) in [6.45, 7) is 4.36. The van der Waals surface area contributed by atoms with Crippen molar-refractivity contribution in [2.24, 2.45) is 12.8 Å². The van der Waals surface area contributed by atoms with Crippen LogP contribution in [0.1, 0.15) is 36.7 Å². The standard InChI is InChI=1S/C22H17N5O2.C21H20N4O/c1-29-17-4-2-14(9-23)19(8-17)16-6-15(11-25-12-16)13-3-5-18-20(7-13)21(10-24)26-27-22(18)28;1-13(2)19-17-11-15(9-10-16(17)21(26)24-23-19)18-12-22-25(3)20(18)14-7-5-4-6-8-14/h2-8,11-12H,10,24H2,1H3,(H,27,28);4-13H,1-3H3,(H,24,26). The van der Waals surface area contributed by atoms with Crippen molar-refractivity contribution in [2.45, 2.75) is 26.3 Å². The Morgan fingerprint density at radius 3 is 2.15 bits per heavy atom. The predicted molar refractivity (Wildman–Crippen MR) is 214 cm³/mol. The van der Waals surface area contributed by atoms with E-state index in [4.69, 9.17) is 10.5 Å². The highest BCUT2D eigenvalue weighted by Gasteiger charge is 2.16. The number of methoxy groups -OCH3 is 1. The van der Waals surface area contributed by atoms with Crippen LogP contribution in [0.15, 0.2) is 119 Å². The lowest BCUT2D eigenvalue weighted by molar-refractivity contribution is 0.415. The van der Waals surface area contributed by atoms with E-state index in [-0.39, 0.29) is 23.6 Å². The number of aromatic nitrogens is 7. The fourth-order valence-corrected chi connectivity index (χ4v) is 6.67. The average molecular weight is 728 g/mol. The molecule has 8 rings (SSSR count). The van der Waals surface area contributed by atoms with Gasteiger partial charge in [0, 0.05) is 64.6 Å². The molecule has 8 aromatic rings. The molecule has 12 heteroatoms. The largest absolute Gasteiger partial charge is 0.497 e. The minimum atomic E-state index is -0.259. The van der Waals surface area contributed by atoms with Crippen molar-refractivity contribution in [2.75, 3.05) is 7.11 Å². The molecule has 0 saturated carbocycles. The van der Waals surface area contributed by atoms with E-state index in [1.54, 1.807) is 37.7 Å². The van der Waals surface area contributed by atoms with Gasteiger partial charge >= 0.3 is 0 Å². The molecule has 4 heterocycles. The summed E-state index contributed by atoms with van der Waals surface area (Å²) in [6, 6.07) is 31.0.